The number of hydrogen-bond donors (Lipinski definition) is 2. The van der Waals surface area contributed by atoms with Gasteiger partial charge >= 0.3 is 0 Å². The van der Waals surface area contributed by atoms with E-state index in [2.05, 4.69) is 0 Å². The Bertz CT molecular complexity index is 762. The molecule has 4 nitrogen and oxygen atoms in total. The number of piperidine rings is 1. The molecule has 0 radical (unpaired) electrons. The molecule has 0 unspecified atom stereocenters. The first-order valence-corrected chi connectivity index (χ1v) is 8.00. The Balaban J connectivity index is 1.84. The first-order valence-electron chi connectivity index (χ1n) is 8.00. The van der Waals surface area contributed by atoms with Crippen molar-refractivity contribution in [2.45, 2.75) is 18.4 Å². The van der Waals surface area contributed by atoms with E-state index in [1.54, 1.807) is 4.90 Å². The molecular formula is C18H19F3N2O2. The lowest BCUT2D eigenvalue weighted by Crippen LogP contribution is -2.49. The maximum absolute atomic E-state index is 14.2. The zero-order valence-electron chi connectivity index (χ0n) is 13.5. The Hall–Kier alpha value is -2.25. The molecule has 0 spiro atoms. The minimum Gasteiger partial charge on any atom is -0.457 e. The highest BCUT2D eigenvalue weighted by molar-refractivity contribution is 5.54. The molecular weight excluding hydrogens is 333 g/mol. The molecule has 134 valence electrons. The third-order valence-electron chi connectivity index (χ3n) is 4.43. The molecule has 0 atom stereocenters. The topological polar surface area (TPSA) is 58.7 Å². The summed E-state index contributed by atoms with van der Waals surface area (Å²) in [6.45, 7) is 0.807. The Morgan fingerprint density at radius 2 is 1.80 bits per heavy atom. The van der Waals surface area contributed by atoms with Gasteiger partial charge in [0, 0.05) is 37.8 Å². The van der Waals surface area contributed by atoms with Crippen LogP contribution in [0, 0.1) is 17.5 Å². The van der Waals surface area contributed by atoms with E-state index in [9.17, 15) is 18.3 Å². The molecule has 0 aliphatic carbocycles. The smallest absolute Gasteiger partial charge is 0.182 e. The van der Waals surface area contributed by atoms with Gasteiger partial charge in [-0.3, -0.25) is 0 Å². The van der Waals surface area contributed by atoms with Gasteiger partial charge in [0.05, 0.1) is 11.3 Å². The van der Waals surface area contributed by atoms with E-state index in [0.717, 1.165) is 12.1 Å². The number of ether oxygens (including phenoxy) is 1. The van der Waals surface area contributed by atoms with Gasteiger partial charge in [0.2, 0.25) is 0 Å². The molecule has 3 N–H and O–H groups in total. The lowest BCUT2D eigenvalue weighted by molar-refractivity contribution is 0.0248. The fraction of sp³-hybridized carbons (Fsp3) is 0.333. The number of nitrogens with two attached hydrogens (primary N) is 1. The minimum absolute atomic E-state index is 0.0467. The van der Waals surface area contributed by atoms with Gasteiger partial charge in [0.1, 0.15) is 17.3 Å². The molecule has 2 aromatic rings. The van der Waals surface area contributed by atoms with Crippen LogP contribution in [0.2, 0.25) is 0 Å². The van der Waals surface area contributed by atoms with E-state index >= 15 is 0 Å². The van der Waals surface area contributed by atoms with Crippen molar-refractivity contribution in [2.75, 3.05) is 24.5 Å². The maximum Gasteiger partial charge on any atom is 0.182 e. The Labute approximate surface area is 143 Å². The van der Waals surface area contributed by atoms with Gasteiger partial charge in [-0.25, -0.2) is 13.2 Å². The second-order valence-corrected chi connectivity index (χ2v) is 6.21. The summed E-state index contributed by atoms with van der Waals surface area (Å²) in [5.74, 6) is -2.27. The number of halogens is 3. The Kier molecular flexibility index (Phi) is 4.87. The van der Waals surface area contributed by atoms with E-state index in [1.807, 2.05) is 0 Å². The molecule has 2 aromatic carbocycles. The zero-order chi connectivity index (χ0) is 18.0. The van der Waals surface area contributed by atoms with Crippen LogP contribution in [0.1, 0.15) is 12.8 Å². The fourth-order valence-electron chi connectivity index (χ4n) is 2.87. The molecule has 7 heteroatoms. The summed E-state index contributed by atoms with van der Waals surface area (Å²) in [5.41, 5.74) is 4.62. The van der Waals surface area contributed by atoms with E-state index in [4.69, 9.17) is 10.5 Å². The van der Waals surface area contributed by atoms with Crippen LogP contribution in [0.4, 0.5) is 18.9 Å². The van der Waals surface area contributed by atoms with Crippen LogP contribution in [0.15, 0.2) is 36.4 Å². The summed E-state index contributed by atoms with van der Waals surface area (Å²) in [4.78, 5) is 1.64. The summed E-state index contributed by atoms with van der Waals surface area (Å²) in [6.07, 6.45) is 0.721. The van der Waals surface area contributed by atoms with Gasteiger partial charge in [0.25, 0.3) is 0 Å². The van der Waals surface area contributed by atoms with Crippen LogP contribution in [0.25, 0.3) is 0 Å². The van der Waals surface area contributed by atoms with Gasteiger partial charge in [-0.2, -0.15) is 0 Å². The highest BCUT2D eigenvalue weighted by Gasteiger charge is 2.32. The summed E-state index contributed by atoms with van der Waals surface area (Å²) in [6, 6.07) is 7.69. The molecule has 1 fully saturated rings. The number of aliphatic hydroxyl groups is 1. The standard InChI is InChI=1S/C18H19F3N2O2/c19-12-2-1-3-13(8-12)25-14-9-15(20)17(21)16(10-14)23-6-4-18(24,11-22)5-7-23/h1-3,8-10,24H,4-7,11,22H2. The quantitative estimate of drug-likeness (QED) is 0.887. The predicted molar refractivity (Wildman–Crippen MR) is 88.3 cm³/mol. The molecule has 0 saturated carbocycles. The lowest BCUT2D eigenvalue weighted by atomic mass is 9.91. The summed E-state index contributed by atoms with van der Waals surface area (Å²) >= 11 is 0. The second kappa shape index (κ2) is 6.93. The van der Waals surface area contributed by atoms with Crippen LogP contribution in [0.5, 0.6) is 11.5 Å². The molecule has 0 aromatic heterocycles. The molecule has 1 aliphatic rings. The average molecular weight is 352 g/mol. The third-order valence-corrected chi connectivity index (χ3v) is 4.43. The van der Waals surface area contributed by atoms with Crippen LogP contribution >= 0.6 is 0 Å². The summed E-state index contributed by atoms with van der Waals surface area (Å²) < 4.78 is 46.9. The number of hydrogen-bond acceptors (Lipinski definition) is 4. The van der Waals surface area contributed by atoms with E-state index in [-0.39, 0.29) is 23.7 Å². The lowest BCUT2D eigenvalue weighted by Gasteiger charge is -2.38. The summed E-state index contributed by atoms with van der Waals surface area (Å²) in [5, 5.41) is 10.2. The molecule has 1 heterocycles. The second-order valence-electron chi connectivity index (χ2n) is 6.21. The average Bonchev–Trinajstić information content (AvgIpc) is 2.59. The Morgan fingerprint density at radius 3 is 2.44 bits per heavy atom. The van der Waals surface area contributed by atoms with Gasteiger partial charge < -0.3 is 20.5 Å². The van der Waals surface area contributed by atoms with Crippen molar-refractivity contribution in [2.24, 2.45) is 5.73 Å². The number of rotatable bonds is 4. The van der Waals surface area contributed by atoms with Gasteiger partial charge in [0.15, 0.2) is 11.6 Å². The molecule has 3 rings (SSSR count). The molecule has 0 amide bonds. The van der Waals surface area contributed by atoms with Crippen LogP contribution in [-0.4, -0.2) is 30.3 Å². The van der Waals surface area contributed by atoms with E-state index < -0.39 is 23.1 Å². The fourth-order valence-corrected chi connectivity index (χ4v) is 2.87. The first kappa shape index (κ1) is 17.6. The first-order chi connectivity index (χ1) is 11.9. The van der Waals surface area contributed by atoms with Crippen LogP contribution in [0.3, 0.4) is 0 Å². The molecule has 0 bridgehead atoms. The van der Waals surface area contributed by atoms with Crippen molar-refractivity contribution in [3.63, 3.8) is 0 Å². The van der Waals surface area contributed by atoms with Crippen molar-refractivity contribution in [3.05, 3.63) is 53.8 Å². The third kappa shape index (κ3) is 3.88. The van der Waals surface area contributed by atoms with Crippen molar-refractivity contribution >= 4 is 5.69 Å². The molecule has 1 aliphatic heterocycles. The highest BCUT2D eigenvalue weighted by atomic mass is 19.2. The summed E-state index contributed by atoms with van der Waals surface area (Å²) in [7, 11) is 0. The van der Waals surface area contributed by atoms with Crippen LogP contribution < -0.4 is 15.4 Å². The minimum atomic E-state index is -1.05. The van der Waals surface area contributed by atoms with Crippen molar-refractivity contribution in [1.82, 2.24) is 0 Å². The Morgan fingerprint density at radius 1 is 1.08 bits per heavy atom. The van der Waals surface area contributed by atoms with Crippen molar-refractivity contribution in [1.29, 1.82) is 0 Å². The largest absolute Gasteiger partial charge is 0.457 e. The van der Waals surface area contributed by atoms with E-state index in [1.165, 1.54) is 24.3 Å². The van der Waals surface area contributed by atoms with Crippen molar-refractivity contribution in [3.8, 4) is 11.5 Å². The molecule has 25 heavy (non-hydrogen) atoms. The van der Waals surface area contributed by atoms with Gasteiger partial charge in [-0.15, -0.1) is 0 Å². The number of anilines is 1. The van der Waals surface area contributed by atoms with E-state index in [0.29, 0.717) is 25.9 Å². The van der Waals surface area contributed by atoms with Gasteiger partial charge in [-0.1, -0.05) is 6.07 Å². The maximum atomic E-state index is 14.2. The normalized spacial score (nSPS) is 16.8. The SMILES string of the molecule is NCC1(O)CCN(c2cc(Oc3cccc(F)c3)cc(F)c2F)CC1. The van der Waals surface area contributed by atoms with Gasteiger partial charge in [-0.05, 0) is 25.0 Å². The monoisotopic (exact) mass is 352 g/mol. The number of benzene rings is 2. The zero-order valence-corrected chi connectivity index (χ0v) is 13.5. The number of nitrogens with zero attached hydrogens (tertiary/aromatic N) is 1. The highest BCUT2D eigenvalue weighted by Crippen LogP contribution is 2.33. The predicted octanol–water partition coefficient (Wildman–Crippen LogP) is 3.19. The van der Waals surface area contributed by atoms with Crippen molar-refractivity contribution < 1.29 is 23.0 Å². The molecule has 1 saturated heterocycles. The van der Waals surface area contributed by atoms with Crippen LogP contribution in [-0.2, 0) is 0 Å².